The Morgan fingerprint density at radius 3 is 2.27 bits per heavy atom. The maximum Gasteiger partial charge on any atom is 0.243 e. The first-order valence-corrected chi connectivity index (χ1v) is 13.5. The monoisotopic (exact) mass is 473 g/mol. The zero-order chi connectivity index (χ0) is 23.3. The van der Waals surface area contributed by atoms with Gasteiger partial charge in [0.2, 0.25) is 16.0 Å². The SMILES string of the molecule is CCCCOc1ccc(S(=O)(=O)N2CCN(c3nc(C)cc(N4CCCCC4)n3)CC2)cc1. The molecule has 4 rings (SSSR count). The van der Waals surface area contributed by atoms with Crippen molar-refractivity contribution >= 4 is 21.8 Å². The van der Waals surface area contributed by atoms with Crippen molar-refractivity contribution in [1.82, 2.24) is 14.3 Å². The molecule has 0 atom stereocenters. The number of rotatable bonds is 8. The van der Waals surface area contributed by atoms with Crippen molar-refractivity contribution in [2.45, 2.75) is 50.8 Å². The molecule has 1 aromatic heterocycles. The summed E-state index contributed by atoms with van der Waals surface area (Å²) in [7, 11) is -3.54. The Bertz CT molecular complexity index is 1010. The Hall–Kier alpha value is -2.39. The highest BCUT2D eigenvalue weighted by atomic mass is 32.2. The van der Waals surface area contributed by atoms with Gasteiger partial charge >= 0.3 is 0 Å². The van der Waals surface area contributed by atoms with Crippen LogP contribution in [0.2, 0.25) is 0 Å². The molecular formula is C24H35N5O3S. The molecule has 0 spiro atoms. The van der Waals surface area contributed by atoms with Crippen molar-refractivity contribution in [2.75, 3.05) is 55.7 Å². The molecule has 0 saturated carbocycles. The van der Waals surface area contributed by atoms with Crippen molar-refractivity contribution in [3.8, 4) is 5.75 Å². The minimum atomic E-state index is -3.54. The van der Waals surface area contributed by atoms with Crippen LogP contribution in [-0.4, -0.2) is 68.6 Å². The van der Waals surface area contributed by atoms with Crippen LogP contribution in [0.5, 0.6) is 5.75 Å². The number of sulfonamides is 1. The number of ether oxygens (including phenoxy) is 1. The molecule has 2 aliphatic rings. The summed E-state index contributed by atoms with van der Waals surface area (Å²) in [5.41, 5.74) is 0.942. The smallest absolute Gasteiger partial charge is 0.243 e. The number of benzene rings is 1. The van der Waals surface area contributed by atoms with Gasteiger partial charge in [0.15, 0.2) is 0 Å². The van der Waals surface area contributed by atoms with Gasteiger partial charge in [0.25, 0.3) is 0 Å². The number of anilines is 2. The zero-order valence-electron chi connectivity index (χ0n) is 19.7. The normalized spacial score (nSPS) is 17.9. The minimum absolute atomic E-state index is 0.304. The van der Waals surface area contributed by atoms with Crippen molar-refractivity contribution < 1.29 is 13.2 Å². The predicted molar refractivity (Wildman–Crippen MR) is 131 cm³/mol. The first kappa shape index (κ1) is 23.8. The van der Waals surface area contributed by atoms with Gasteiger partial charge in [0, 0.05) is 51.0 Å². The lowest BCUT2D eigenvalue weighted by Gasteiger charge is -2.35. The van der Waals surface area contributed by atoms with Crippen LogP contribution in [0.15, 0.2) is 35.2 Å². The van der Waals surface area contributed by atoms with Gasteiger partial charge in [-0.3, -0.25) is 0 Å². The summed E-state index contributed by atoms with van der Waals surface area (Å²) in [6.45, 7) is 8.77. The number of aryl methyl sites for hydroxylation is 1. The third-order valence-corrected chi connectivity index (χ3v) is 8.17. The average Bonchev–Trinajstić information content (AvgIpc) is 2.85. The first-order chi connectivity index (χ1) is 16.0. The molecule has 2 aliphatic heterocycles. The number of nitrogens with zero attached hydrogens (tertiary/aromatic N) is 5. The highest BCUT2D eigenvalue weighted by molar-refractivity contribution is 7.89. The molecule has 0 aliphatic carbocycles. The Balaban J connectivity index is 1.39. The fourth-order valence-electron chi connectivity index (χ4n) is 4.28. The molecule has 2 saturated heterocycles. The van der Waals surface area contributed by atoms with E-state index in [2.05, 4.69) is 21.7 Å². The summed E-state index contributed by atoms with van der Waals surface area (Å²) < 4.78 is 33.5. The summed E-state index contributed by atoms with van der Waals surface area (Å²) in [5.74, 6) is 2.38. The average molecular weight is 474 g/mol. The number of unbranched alkanes of at least 4 members (excludes halogenated alkanes) is 1. The van der Waals surface area contributed by atoms with E-state index in [1.54, 1.807) is 28.6 Å². The van der Waals surface area contributed by atoms with Gasteiger partial charge in [-0.2, -0.15) is 9.29 Å². The Morgan fingerprint density at radius 2 is 1.61 bits per heavy atom. The third kappa shape index (κ3) is 5.76. The molecule has 1 aromatic carbocycles. The Morgan fingerprint density at radius 1 is 0.909 bits per heavy atom. The minimum Gasteiger partial charge on any atom is -0.494 e. The Kier molecular flexibility index (Phi) is 7.70. The topological polar surface area (TPSA) is 78.9 Å². The molecule has 3 heterocycles. The quantitative estimate of drug-likeness (QED) is 0.543. The fraction of sp³-hybridized carbons (Fsp3) is 0.583. The van der Waals surface area contributed by atoms with Crippen molar-refractivity contribution in [3.05, 3.63) is 36.0 Å². The second-order valence-electron chi connectivity index (χ2n) is 8.78. The van der Waals surface area contributed by atoms with Gasteiger partial charge in [0.1, 0.15) is 11.6 Å². The molecule has 180 valence electrons. The van der Waals surface area contributed by atoms with E-state index in [9.17, 15) is 8.42 Å². The molecule has 0 amide bonds. The maximum absolute atomic E-state index is 13.1. The summed E-state index contributed by atoms with van der Waals surface area (Å²) >= 11 is 0. The number of hydrogen-bond donors (Lipinski definition) is 0. The molecule has 0 radical (unpaired) electrons. The highest BCUT2D eigenvalue weighted by Gasteiger charge is 2.29. The molecule has 0 N–H and O–H groups in total. The van der Waals surface area contributed by atoms with E-state index in [0.717, 1.165) is 37.4 Å². The van der Waals surface area contributed by atoms with E-state index >= 15 is 0 Å². The lowest BCUT2D eigenvalue weighted by atomic mass is 10.1. The Labute approximate surface area is 197 Å². The summed E-state index contributed by atoms with van der Waals surface area (Å²) in [6, 6.07) is 8.79. The van der Waals surface area contributed by atoms with Gasteiger partial charge in [-0.1, -0.05) is 13.3 Å². The molecular weight excluding hydrogens is 438 g/mol. The van der Waals surface area contributed by atoms with E-state index in [1.165, 1.54) is 19.3 Å². The van der Waals surface area contributed by atoms with Gasteiger partial charge in [-0.05, 0) is 56.9 Å². The maximum atomic E-state index is 13.1. The van der Waals surface area contributed by atoms with E-state index in [-0.39, 0.29) is 0 Å². The molecule has 8 nitrogen and oxygen atoms in total. The van der Waals surface area contributed by atoms with Gasteiger partial charge in [-0.25, -0.2) is 13.4 Å². The second kappa shape index (κ2) is 10.7. The van der Waals surface area contributed by atoms with E-state index in [1.807, 2.05) is 13.0 Å². The molecule has 0 bridgehead atoms. The van der Waals surface area contributed by atoms with E-state index in [0.29, 0.717) is 49.4 Å². The highest BCUT2D eigenvalue weighted by Crippen LogP contribution is 2.24. The molecule has 33 heavy (non-hydrogen) atoms. The van der Waals surface area contributed by atoms with Crippen LogP contribution >= 0.6 is 0 Å². The summed E-state index contributed by atoms with van der Waals surface area (Å²) in [4.78, 5) is 14.2. The second-order valence-corrected chi connectivity index (χ2v) is 10.7. The summed E-state index contributed by atoms with van der Waals surface area (Å²) in [6.07, 6.45) is 5.71. The standard InChI is InChI=1S/C24H35N5O3S/c1-3-4-18-32-21-8-10-22(11-9-21)33(30,31)29-16-14-28(15-17-29)24-25-20(2)19-23(26-24)27-12-6-5-7-13-27/h8-11,19H,3-7,12-18H2,1-2H3. The first-order valence-electron chi connectivity index (χ1n) is 12.1. The number of aromatic nitrogens is 2. The molecule has 9 heteroatoms. The van der Waals surface area contributed by atoms with E-state index in [4.69, 9.17) is 9.72 Å². The number of piperidine rings is 1. The lowest BCUT2D eigenvalue weighted by Crippen LogP contribution is -2.49. The van der Waals surface area contributed by atoms with Crippen LogP contribution < -0.4 is 14.5 Å². The van der Waals surface area contributed by atoms with Crippen molar-refractivity contribution in [1.29, 1.82) is 0 Å². The molecule has 2 fully saturated rings. The fourth-order valence-corrected chi connectivity index (χ4v) is 5.70. The predicted octanol–water partition coefficient (Wildman–Crippen LogP) is 3.47. The van der Waals surface area contributed by atoms with Gasteiger partial charge < -0.3 is 14.5 Å². The molecule has 2 aromatic rings. The van der Waals surface area contributed by atoms with E-state index < -0.39 is 10.0 Å². The third-order valence-electron chi connectivity index (χ3n) is 6.26. The number of piperazine rings is 1. The lowest BCUT2D eigenvalue weighted by molar-refractivity contribution is 0.309. The van der Waals surface area contributed by atoms with Crippen LogP contribution in [0.25, 0.3) is 0 Å². The zero-order valence-corrected chi connectivity index (χ0v) is 20.6. The van der Waals surface area contributed by atoms with Crippen molar-refractivity contribution in [3.63, 3.8) is 0 Å². The van der Waals surface area contributed by atoms with Crippen molar-refractivity contribution in [2.24, 2.45) is 0 Å². The van der Waals surface area contributed by atoms with Gasteiger partial charge in [-0.15, -0.1) is 0 Å². The largest absolute Gasteiger partial charge is 0.494 e. The number of hydrogen-bond acceptors (Lipinski definition) is 7. The van der Waals surface area contributed by atoms with Crippen LogP contribution in [0, 0.1) is 6.92 Å². The van der Waals surface area contributed by atoms with Crippen LogP contribution in [0.4, 0.5) is 11.8 Å². The van der Waals surface area contributed by atoms with Crippen LogP contribution in [0.3, 0.4) is 0 Å². The van der Waals surface area contributed by atoms with Gasteiger partial charge in [0.05, 0.1) is 11.5 Å². The summed E-state index contributed by atoms with van der Waals surface area (Å²) in [5, 5.41) is 0. The molecule has 0 unspecified atom stereocenters. The van der Waals surface area contributed by atoms with Crippen LogP contribution in [-0.2, 0) is 10.0 Å². The van der Waals surface area contributed by atoms with Crippen LogP contribution in [0.1, 0.15) is 44.7 Å².